The second kappa shape index (κ2) is 4.52. The molecule has 5 nitrogen and oxygen atoms in total. The molecule has 1 heterocycles. The molecule has 14 heavy (non-hydrogen) atoms. The highest BCUT2D eigenvalue weighted by molar-refractivity contribution is 7.80. The third kappa shape index (κ3) is 2.30. The van der Waals surface area contributed by atoms with Gasteiger partial charge in [0.2, 0.25) is 0 Å². The fourth-order valence-electron chi connectivity index (χ4n) is 1.07. The molecule has 0 unspecified atom stereocenters. The molecule has 0 aliphatic carbocycles. The monoisotopic (exact) mass is 221 g/mol. The Bertz CT molecular complexity index is 251. The second-order valence-electron chi connectivity index (χ2n) is 2.79. The number of hydrogen-bond donors (Lipinski definition) is 0. The highest BCUT2D eigenvalue weighted by Crippen LogP contribution is 2.12. The third-order valence-electron chi connectivity index (χ3n) is 1.79. The first-order valence-electron chi connectivity index (χ1n) is 4.17. The van der Waals surface area contributed by atoms with E-state index in [1.807, 2.05) is 0 Å². The normalized spacial score (nSPS) is 17.8. The Labute approximate surface area is 86.9 Å². The van der Waals surface area contributed by atoms with Gasteiger partial charge in [0.05, 0.1) is 6.61 Å². The molecule has 1 aliphatic rings. The molecule has 80 valence electrons. The minimum atomic E-state index is -0.404. The highest BCUT2D eigenvalue weighted by Gasteiger charge is 2.31. The maximum Gasteiger partial charge on any atom is 0.325 e. The van der Waals surface area contributed by atoms with Gasteiger partial charge in [0.1, 0.15) is 13.2 Å². The van der Waals surface area contributed by atoms with Gasteiger partial charge in [-0.2, -0.15) is 0 Å². The minimum Gasteiger partial charge on any atom is -0.465 e. The first-order chi connectivity index (χ1) is 6.56. The van der Waals surface area contributed by atoms with Crippen molar-refractivity contribution in [3.63, 3.8) is 0 Å². The summed E-state index contributed by atoms with van der Waals surface area (Å²) in [5, 5.41) is 1.87. The van der Waals surface area contributed by atoms with E-state index in [0.29, 0.717) is 11.8 Å². The van der Waals surface area contributed by atoms with Gasteiger partial charge in [-0.1, -0.05) is 0 Å². The van der Waals surface area contributed by atoms with Gasteiger partial charge >= 0.3 is 5.97 Å². The van der Waals surface area contributed by atoms with E-state index in [4.69, 9.17) is 17.0 Å². The Kier molecular flexibility index (Phi) is 3.59. The summed E-state index contributed by atoms with van der Waals surface area (Å²) < 4.78 is 17.7. The minimum absolute atomic E-state index is 0.0164. The van der Waals surface area contributed by atoms with E-state index in [1.165, 1.54) is 11.9 Å². The molecule has 0 atom stereocenters. The first kappa shape index (κ1) is 11.1. The maximum absolute atomic E-state index is 12.9. The van der Waals surface area contributed by atoms with E-state index in [-0.39, 0.29) is 18.3 Å². The van der Waals surface area contributed by atoms with Crippen LogP contribution in [0.2, 0.25) is 0 Å². The predicted molar refractivity (Wildman–Crippen MR) is 51.5 cm³/mol. The lowest BCUT2D eigenvalue weighted by Crippen LogP contribution is -2.34. The summed E-state index contributed by atoms with van der Waals surface area (Å²) in [4.78, 5) is 12.5. The molecule has 0 radical (unpaired) electrons. The van der Waals surface area contributed by atoms with E-state index in [2.05, 4.69) is 0 Å². The molecule has 0 spiro atoms. The summed E-state index contributed by atoms with van der Waals surface area (Å²) in [5.74, 6) is -0.404. The maximum atomic E-state index is 12.9. The van der Waals surface area contributed by atoms with Crippen LogP contribution in [0.4, 0.5) is 4.48 Å². The summed E-state index contributed by atoms with van der Waals surface area (Å²) in [7, 11) is 1.49. The molecule has 0 aromatic heterocycles. The summed E-state index contributed by atoms with van der Waals surface area (Å²) in [6, 6.07) is 0. The van der Waals surface area contributed by atoms with Crippen LogP contribution in [-0.2, 0) is 9.53 Å². The Morgan fingerprint density at radius 2 is 2.36 bits per heavy atom. The number of hydrogen-bond acceptors (Lipinski definition) is 4. The van der Waals surface area contributed by atoms with Crippen LogP contribution in [0, 0.1) is 0 Å². The van der Waals surface area contributed by atoms with Crippen molar-refractivity contribution in [2.45, 2.75) is 6.92 Å². The number of esters is 1. The summed E-state index contributed by atoms with van der Waals surface area (Å²) >= 11 is 4.91. The molecule has 0 saturated carbocycles. The third-order valence-corrected chi connectivity index (χ3v) is 2.31. The summed E-state index contributed by atoms with van der Waals surface area (Å²) in [6.07, 6.45) is 0. The molecule has 1 rings (SSSR count). The zero-order valence-corrected chi connectivity index (χ0v) is 8.88. The van der Waals surface area contributed by atoms with Crippen LogP contribution in [0.5, 0.6) is 0 Å². The van der Waals surface area contributed by atoms with Gasteiger partial charge in [0, 0.05) is 7.05 Å². The average Bonchev–Trinajstić information content (AvgIpc) is 2.34. The fourth-order valence-corrected chi connectivity index (χ4v) is 1.28. The lowest BCUT2D eigenvalue weighted by molar-refractivity contribution is -0.144. The number of ether oxygens (including phenoxy) is 1. The number of thiocarbonyl (C=S) groups is 1. The molecule has 7 heteroatoms. The zero-order chi connectivity index (χ0) is 10.7. The summed E-state index contributed by atoms with van der Waals surface area (Å²) in [6.45, 7) is 1.98. The molecule has 0 bridgehead atoms. The number of carbonyl (C=O) groups is 1. The van der Waals surface area contributed by atoms with Crippen molar-refractivity contribution in [2.75, 3.05) is 26.9 Å². The van der Waals surface area contributed by atoms with Crippen LogP contribution >= 0.6 is 12.2 Å². The van der Waals surface area contributed by atoms with Crippen LogP contribution in [0.25, 0.3) is 0 Å². The van der Waals surface area contributed by atoms with Gasteiger partial charge in [-0.15, -0.1) is 4.48 Å². The Balaban J connectivity index is 2.47. The van der Waals surface area contributed by atoms with Gasteiger partial charge < -0.3 is 9.64 Å². The first-order valence-corrected chi connectivity index (χ1v) is 4.58. The van der Waals surface area contributed by atoms with E-state index < -0.39 is 5.97 Å². The van der Waals surface area contributed by atoms with Gasteiger partial charge in [0.15, 0.2) is 5.11 Å². The quantitative estimate of drug-likeness (QED) is 0.383. The van der Waals surface area contributed by atoms with Crippen molar-refractivity contribution in [3.8, 4) is 0 Å². The average molecular weight is 221 g/mol. The molecular weight excluding hydrogens is 209 g/mol. The number of halogens is 1. The van der Waals surface area contributed by atoms with Crippen molar-refractivity contribution in [1.82, 2.24) is 15.1 Å². The molecule has 1 fully saturated rings. The smallest absolute Gasteiger partial charge is 0.325 e. The molecule has 0 aromatic carbocycles. The SMILES string of the molecule is CCOC(=O)CN1CN(F)N(C)C1=S. The van der Waals surface area contributed by atoms with Crippen LogP contribution in [-0.4, -0.2) is 53.1 Å². The van der Waals surface area contributed by atoms with Crippen molar-refractivity contribution >= 4 is 23.3 Å². The van der Waals surface area contributed by atoms with Gasteiger partial charge in [-0.05, 0) is 24.4 Å². The molecule has 1 saturated heterocycles. The van der Waals surface area contributed by atoms with Crippen LogP contribution in [0.3, 0.4) is 0 Å². The van der Waals surface area contributed by atoms with Gasteiger partial charge in [-0.25, -0.2) is 0 Å². The van der Waals surface area contributed by atoms with Crippen molar-refractivity contribution in [3.05, 3.63) is 0 Å². The van der Waals surface area contributed by atoms with Crippen LogP contribution in [0.1, 0.15) is 6.92 Å². The molecule has 1 aliphatic heterocycles. The second-order valence-corrected chi connectivity index (χ2v) is 3.15. The van der Waals surface area contributed by atoms with Crippen molar-refractivity contribution in [2.24, 2.45) is 0 Å². The van der Waals surface area contributed by atoms with Crippen LogP contribution in [0.15, 0.2) is 0 Å². The Hall–Kier alpha value is -0.950. The Morgan fingerprint density at radius 1 is 1.71 bits per heavy atom. The van der Waals surface area contributed by atoms with Crippen molar-refractivity contribution < 1.29 is 14.0 Å². The highest BCUT2D eigenvalue weighted by atomic mass is 32.1. The van der Waals surface area contributed by atoms with Crippen molar-refractivity contribution in [1.29, 1.82) is 0 Å². The fraction of sp³-hybridized carbons (Fsp3) is 0.714. The number of hydrazine groups is 1. The van der Waals surface area contributed by atoms with E-state index in [0.717, 1.165) is 5.01 Å². The van der Waals surface area contributed by atoms with E-state index >= 15 is 0 Å². The predicted octanol–water partition coefficient (Wildman–Crippen LogP) is 0.141. The molecular formula is C7H12FN3O2S. The van der Waals surface area contributed by atoms with Crippen LogP contribution < -0.4 is 0 Å². The number of carbonyl (C=O) groups excluding carboxylic acids is 1. The number of rotatable bonds is 3. The largest absolute Gasteiger partial charge is 0.465 e. The van der Waals surface area contributed by atoms with E-state index in [1.54, 1.807) is 6.92 Å². The molecule has 0 amide bonds. The molecule has 0 aromatic rings. The Morgan fingerprint density at radius 3 is 2.79 bits per heavy atom. The topological polar surface area (TPSA) is 36.0 Å². The lowest BCUT2D eigenvalue weighted by Gasteiger charge is -2.15. The van der Waals surface area contributed by atoms with E-state index in [9.17, 15) is 9.28 Å². The standard InChI is InChI=1S/C7H12FN3O2S/c1-3-13-6(12)4-10-5-11(8)9(2)7(10)14/h3-5H2,1-2H3. The zero-order valence-electron chi connectivity index (χ0n) is 8.07. The molecule has 0 N–H and O–H groups in total. The van der Waals surface area contributed by atoms with Gasteiger partial charge in [-0.3, -0.25) is 9.80 Å². The lowest BCUT2D eigenvalue weighted by atomic mass is 10.6. The number of nitrogens with zero attached hydrogens (tertiary/aromatic N) is 3. The summed E-state index contributed by atoms with van der Waals surface area (Å²) in [5.41, 5.74) is 0. The van der Waals surface area contributed by atoms with Gasteiger partial charge in [0.25, 0.3) is 0 Å².